The van der Waals surface area contributed by atoms with Crippen molar-refractivity contribution in [3.05, 3.63) is 65.5 Å². The Hall–Kier alpha value is -1.88. The number of hydrogen-bond donors (Lipinski definition) is 1. The van der Waals surface area contributed by atoms with E-state index in [4.69, 9.17) is 0 Å². The second kappa shape index (κ2) is 6.05. The maximum Gasteiger partial charge on any atom is 0.407 e. The highest BCUT2D eigenvalue weighted by molar-refractivity contribution is 5.23. The highest BCUT2D eigenvalue weighted by atomic mass is 19.4. The second-order valence-electron chi connectivity index (χ2n) is 4.57. The summed E-state index contributed by atoms with van der Waals surface area (Å²) in [6, 6.07) is 7.91. The van der Waals surface area contributed by atoms with Gasteiger partial charge in [0.25, 0.3) is 0 Å². The van der Waals surface area contributed by atoms with Crippen molar-refractivity contribution in [3.8, 4) is 0 Å². The van der Waals surface area contributed by atoms with E-state index in [1.54, 1.807) is 36.7 Å². The molecular formula is C15H15F3N2. The molecule has 1 aromatic heterocycles. The van der Waals surface area contributed by atoms with Crippen LogP contribution in [0.4, 0.5) is 13.2 Å². The molecule has 0 bridgehead atoms. The molecule has 0 saturated heterocycles. The molecule has 0 aliphatic rings. The van der Waals surface area contributed by atoms with Crippen molar-refractivity contribution in [2.75, 3.05) is 0 Å². The number of nitrogens with one attached hydrogen (secondary N) is 1. The first-order valence-electron chi connectivity index (χ1n) is 6.23. The van der Waals surface area contributed by atoms with Gasteiger partial charge in [-0.3, -0.25) is 10.3 Å². The molecule has 106 valence electrons. The second-order valence-corrected chi connectivity index (χ2v) is 4.57. The molecule has 1 aromatic carbocycles. The molecule has 0 radical (unpaired) electrons. The minimum absolute atomic E-state index is 0.146. The van der Waals surface area contributed by atoms with E-state index in [0.717, 1.165) is 11.1 Å². The molecule has 0 aliphatic heterocycles. The largest absolute Gasteiger partial charge is 0.407 e. The fraction of sp³-hybridized carbons (Fsp3) is 0.267. The van der Waals surface area contributed by atoms with Crippen molar-refractivity contribution >= 4 is 0 Å². The third-order valence-corrected chi connectivity index (χ3v) is 3.09. The molecule has 2 rings (SSSR count). The van der Waals surface area contributed by atoms with Gasteiger partial charge in [0.2, 0.25) is 0 Å². The van der Waals surface area contributed by atoms with Gasteiger partial charge in [0, 0.05) is 18.9 Å². The first-order valence-corrected chi connectivity index (χ1v) is 6.23. The summed E-state index contributed by atoms with van der Waals surface area (Å²) in [6.07, 6.45) is -1.11. The lowest BCUT2D eigenvalue weighted by atomic mass is 10.1. The summed E-state index contributed by atoms with van der Waals surface area (Å²) < 4.78 is 39.4. The van der Waals surface area contributed by atoms with Crippen molar-refractivity contribution < 1.29 is 13.2 Å². The van der Waals surface area contributed by atoms with E-state index in [1.165, 1.54) is 12.1 Å². The molecule has 0 spiro atoms. The predicted octanol–water partition coefficient (Wildman–Crippen LogP) is 3.78. The Bertz CT molecular complexity index is 553. The summed E-state index contributed by atoms with van der Waals surface area (Å²) in [6.45, 7) is 1.97. The van der Waals surface area contributed by atoms with E-state index >= 15 is 0 Å². The van der Waals surface area contributed by atoms with E-state index in [2.05, 4.69) is 10.3 Å². The predicted molar refractivity (Wildman–Crippen MR) is 71.1 cm³/mol. The van der Waals surface area contributed by atoms with Crippen LogP contribution in [0.15, 0.2) is 48.8 Å². The van der Waals surface area contributed by atoms with Crippen molar-refractivity contribution in [3.63, 3.8) is 0 Å². The first kappa shape index (κ1) is 14.5. The molecule has 5 heteroatoms. The Morgan fingerprint density at radius 2 is 1.85 bits per heavy atom. The summed E-state index contributed by atoms with van der Waals surface area (Å²) in [4.78, 5) is 3.93. The fourth-order valence-electron chi connectivity index (χ4n) is 1.98. The zero-order valence-electron chi connectivity index (χ0n) is 11.0. The standard InChI is InChI=1S/C15H15F3N2/c1-11-9-19-8-7-13(11)10-20-14(15(16,17)18)12-5-3-2-4-6-12/h2-9,14,20H,10H2,1H3. The minimum atomic E-state index is -4.33. The van der Waals surface area contributed by atoms with Crippen LogP contribution in [0.5, 0.6) is 0 Å². The van der Waals surface area contributed by atoms with Crippen molar-refractivity contribution in [1.82, 2.24) is 10.3 Å². The van der Waals surface area contributed by atoms with Gasteiger partial charge in [-0.15, -0.1) is 0 Å². The molecule has 2 aromatic rings. The van der Waals surface area contributed by atoms with Gasteiger partial charge in [-0.2, -0.15) is 13.2 Å². The van der Waals surface area contributed by atoms with Crippen LogP contribution in [0.1, 0.15) is 22.7 Å². The van der Waals surface area contributed by atoms with Crippen LogP contribution in [0, 0.1) is 6.92 Å². The summed E-state index contributed by atoms with van der Waals surface area (Å²) >= 11 is 0. The molecule has 20 heavy (non-hydrogen) atoms. The molecular weight excluding hydrogens is 265 g/mol. The normalized spacial score (nSPS) is 13.2. The smallest absolute Gasteiger partial charge is 0.298 e. The van der Waals surface area contributed by atoms with Crippen LogP contribution in [0.2, 0.25) is 0 Å². The van der Waals surface area contributed by atoms with Crippen LogP contribution in [-0.4, -0.2) is 11.2 Å². The topological polar surface area (TPSA) is 24.9 Å². The maximum absolute atomic E-state index is 13.1. The van der Waals surface area contributed by atoms with Crippen LogP contribution < -0.4 is 5.32 Å². The van der Waals surface area contributed by atoms with Gasteiger partial charge in [0.1, 0.15) is 6.04 Å². The Morgan fingerprint density at radius 1 is 1.15 bits per heavy atom. The molecule has 1 unspecified atom stereocenters. The van der Waals surface area contributed by atoms with E-state index < -0.39 is 12.2 Å². The van der Waals surface area contributed by atoms with Gasteiger partial charge < -0.3 is 0 Å². The van der Waals surface area contributed by atoms with E-state index in [-0.39, 0.29) is 12.1 Å². The zero-order chi connectivity index (χ0) is 14.6. The van der Waals surface area contributed by atoms with Gasteiger partial charge in [-0.1, -0.05) is 30.3 Å². The van der Waals surface area contributed by atoms with Gasteiger partial charge in [-0.25, -0.2) is 0 Å². The lowest BCUT2D eigenvalue weighted by molar-refractivity contribution is -0.158. The Morgan fingerprint density at radius 3 is 2.45 bits per heavy atom. The van der Waals surface area contributed by atoms with E-state index in [1.807, 2.05) is 6.92 Å². The Balaban J connectivity index is 2.16. The Labute approximate surface area is 115 Å². The number of pyridine rings is 1. The lowest BCUT2D eigenvalue weighted by Crippen LogP contribution is -2.34. The highest BCUT2D eigenvalue weighted by Crippen LogP contribution is 2.32. The monoisotopic (exact) mass is 280 g/mol. The van der Waals surface area contributed by atoms with Crippen molar-refractivity contribution in [2.24, 2.45) is 0 Å². The molecule has 1 heterocycles. The average Bonchev–Trinajstić information content (AvgIpc) is 2.41. The van der Waals surface area contributed by atoms with Gasteiger partial charge in [0.15, 0.2) is 0 Å². The number of rotatable bonds is 4. The highest BCUT2D eigenvalue weighted by Gasteiger charge is 2.40. The molecule has 0 saturated carbocycles. The Kier molecular flexibility index (Phi) is 4.39. The van der Waals surface area contributed by atoms with Crippen molar-refractivity contribution in [1.29, 1.82) is 0 Å². The number of hydrogen-bond acceptors (Lipinski definition) is 2. The molecule has 0 amide bonds. The van der Waals surface area contributed by atoms with Crippen LogP contribution >= 0.6 is 0 Å². The summed E-state index contributed by atoms with van der Waals surface area (Å²) in [5, 5.41) is 2.58. The summed E-state index contributed by atoms with van der Waals surface area (Å²) in [5.41, 5.74) is 1.89. The fourth-order valence-corrected chi connectivity index (χ4v) is 1.98. The average molecular weight is 280 g/mol. The SMILES string of the molecule is Cc1cnccc1CNC(c1ccccc1)C(F)(F)F. The minimum Gasteiger partial charge on any atom is -0.298 e. The molecule has 0 aliphatic carbocycles. The lowest BCUT2D eigenvalue weighted by Gasteiger charge is -2.22. The van der Waals surface area contributed by atoms with Crippen LogP contribution in [0.3, 0.4) is 0 Å². The first-order chi connectivity index (χ1) is 9.48. The summed E-state index contributed by atoms with van der Waals surface area (Å²) in [7, 11) is 0. The van der Waals surface area contributed by atoms with E-state index in [9.17, 15) is 13.2 Å². The summed E-state index contributed by atoms with van der Waals surface area (Å²) in [5.74, 6) is 0. The number of halogens is 3. The number of aromatic nitrogens is 1. The third kappa shape index (κ3) is 3.57. The zero-order valence-corrected chi connectivity index (χ0v) is 11.0. The maximum atomic E-state index is 13.1. The molecule has 1 atom stereocenters. The number of nitrogens with zero attached hydrogens (tertiary/aromatic N) is 1. The van der Waals surface area contributed by atoms with Gasteiger partial charge in [0.05, 0.1) is 0 Å². The molecule has 2 nitrogen and oxygen atoms in total. The molecule has 1 N–H and O–H groups in total. The van der Waals surface area contributed by atoms with Gasteiger partial charge >= 0.3 is 6.18 Å². The number of aryl methyl sites for hydroxylation is 1. The van der Waals surface area contributed by atoms with Crippen LogP contribution in [-0.2, 0) is 6.54 Å². The van der Waals surface area contributed by atoms with Crippen molar-refractivity contribution in [2.45, 2.75) is 25.7 Å². The van der Waals surface area contributed by atoms with Crippen LogP contribution in [0.25, 0.3) is 0 Å². The third-order valence-electron chi connectivity index (χ3n) is 3.09. The molecule has 0 fully saturated rings. The number of alkyl halides is 3. The van der Waals surface area contributed by atoms with Gasteiger partial charge in [-0.05, 0) is 29.7 Å². The number of benzene rings is 1. The van der Waals surface area contributed by atoms with E-state index in [0.29, 0.717) is 0 Å². The quantitative estimate of drug-likeness (QED) is 0.921.